The van der Waals surface area contributed by atoms with E-state index in [9.17, 15) is 4.79 Å². The van der Waals surface area contributed by atoms with Gasteiger partial charge in [-0.2, -0.15) is 0 Å². The molecule has 20 heavy (non-hydrogen) atoms. The summed E-state index contributed by atoms with van der Waals surface area (Å²) in [6.45, 7) is 5.65. The van der Waals surface area contributed by atoms with E-state index in [0.717, 1.165) is 6.54 Å². The molecule has 1 unspecified atom stereocenters. The Labute approximate surface area is 123 Å². The fourth-order valence-corrected chi connectivity index (χ4v) is 2.93. The van der Waals surface area contributed by atoms with Crippen LogP contribution in [0.4, 0.5) is 0 Å². The Morgan fingerprint density at radius 2 is 2.15 bits per heavy atom. The lowest BCUT2D eigenvalue weighted by Crippen LogP contribution is -2.41. The number of rotatable bonds is 1. The van der Waals surface area contributed by atoms with Gasteiger partial charge >= 0.3 is 0 Å². The van der Waals surface area contributed by atoms with Gasteiger partial charge in [0.05, 0.1) is 6.04 Å². The third kappa shape index (κ3) is 2.10. The number of hydrogen-bond acceptors (Lipinski definition) is 2. The molecular formula is C15H16ClN3O. The number of halogens is 1. The molecule has 104 valence electrons. The highest BCUT2D eigenvalue weighted by molar-refractivity contribution is 6.30. The fraction of sp³-hybridized carbons (Fsp3) is 0.333. The summed E-state index contributed by atoms with van der Waals surface area (Å²) < 4.78 is 2.26. The van der Waals surface area contributed by atoms with Gasteiger partial charge in [-0.15, -0.1) is 0 Å². The Morgan fingerprint density at radius 3 is 2.90 bits per heavy atom. The quantitative estimate of drug-likeness (QED) is 0.809. The lowest BCUT2D eigenvalue weighted by atomic mass is 10.1. The molecule has 0 bridgehead atoms. The molecule has 0 aromatic carbocycles. The highest BCUT2D eigenvalue weighted by Crippen LogP contribution is 2.28. The number of pyridine rings is 1. The molecule has 0 N–H and O–H groups in total. The molecule has 5 heteroatoms. The smallest absolute Gasteiger partial charge is 0.273 e. The lowest BCUT2D eigenvalue weighted by molar-refractivity contribution is 0.0637. The number of amides is 1. The van der Waals surface area contributed by atoms with Crippen molar-refractivity contribution in [1.29, 1.82) is 0 Å². The first kappa shape index (κ1) is 13.2. The molecule has 3 rings (SSSR count). The normalized spacial score (nSPS) is 17.9. The monoisotopic (exact) mass is 289 g/mol. The minimum atomic E-state index is -0.0647. The first-order valence-corrected chi connectivity index (χ1v) is 7.04. The van der Waals surface area contributed by atoms with Gasteiger partial charge in [-0.3, -0.25) is 9.78 Å². The van der Waals surface area contributed by atoms with Crippen LogP contribution in [0.5, 0.6) is 0 Å². The van der Waals surface area contributed by atoms with Crippen LogP contribution in [0.15, 0.2) is 30.5 Å². The van der Waals surface area contributed by atoms with Crippen molar-refractivity contribution < 1.29 is 4.79 Å². The van der Waals surface area contributed by atoms with Crippen molar-refractivity contribution in [3.63, 3.8) is 0 Å². The highest BCUT2D eigenvalue weighted by atomic mass is 35.5. The maximum Gasteiger partial charge on any atom is 0.273 e. The van der Waals surface area contributed by atoms with Crippen LogP contribution < -0.4 is 0 Å². The second kappa shape index (κ2) is 4.94. The van der Waals surface area contributed by atoms with Crippen molar-refractivity contribution in [2.24, 2.45) is 0 Å². The first-order valence-electron chi connectivity index (χ1n) is 6.66. The lowest BCUT2D eigenvalue weighted by Gasteiger charge is -2.35. The molecule has 2 aromatic rings. The zero-order chi connectivity index (χ0) is 14.3. The van der Waals surface area contributed by atoms with Gasteiger partial charge in [0.1, 0.15) is 5.69 Å². The Bertz CT molecular complexity index is 665. The minimum absolute atomic E-state index is 0.0470. The van der Waals surface area contributed by atoms with Gasteiger partial charge < -0.3 is 9.47 Å². The van der Waals surface area contributed by atoms with Crippen molar-refractivity contribution in [3.05, 3.63) is 52.6 Å². The summed E-state index contributed by atoms with van der Waals surface area (Å²) in [5.74, 6) is -0.0647. The summed E-state index contributed by atoms with van der Waals surface area (Å²) >= 11 is 5.93. The molecule has 4 nitrogen and oxygen atoms in total. The second-order valence-corrected chi connectivity index (χ2v) is 5.52. The summed E-state index contributed by atoms with van der Waals surface area (Å²) in [5, 5.41) is 0.534. The molecule has 0 radical (unpaired) electrons. The predicted octanol–water partition coefficient (Wildman–Crippen LogP) is 3.06. The summed E-state index contributed by atoms with van der Waals surface area (Å²) in [5.41, 5.74) is 2.81. The maximum atomic E-state index is 12.6. The average molecular weight is 290 g/mol. The third-order valence-corrected chi connectivity index (χ3v) is 4.13. The number of nitrogens with zero attached hydrogens (tertiary/aromatic N) is 3. The highest BCUT2D eigenvalue weighted by Gasteiger charge is 2.29. The van der Waals surface area contributed by atoms with E-state index in [1.165, 1.54) is 11.4 Å². The van der Waals surface area contributed by atoms with E-state index in [4.69, 9.17) is 11.6 Å². The van der Waals surface area contributed by atoms with Crippen molar-refractivity contribution in [3.8, 4) is 0 Å². The van der Waals surface area contributed by atoms with Gasteiger partial charge in [0.15, 0.2) is 0 Å². The number of hydrogen-bond donors (Lipinski definition) is 0. The van der Waals surface area contributed by atoms with E-state index in [1.54, 1.807) is 18.3 Å². The number of aromatic nitrogens is 2. The Balaban J connectivity index is 1.91. The zero-order valence-corrected chi connectivity index (χ0v) is 12.3. The third-order valence-electron chi connectivity index (χ3n) is 3.89. The number of aryl methyl sites for hydroxylation is 1. The summed E-state index contributed by atoms with van der Waals surface area (Å²) in [6.07, 6.45) is 1.57. The van der Waals surface area contributed by atoms with E-state index >= 15 is 0 Å². The first-order chi connectivity index (χ1) is 9.58. The fourth-order valence-electron chi connectivity index (χ4n) is 2.77. The standard InChI is InChI=1S/C15H16ClN3O/c1-10-3-4-14-11(2)19(8-7-18(10)14)15(20)13-9-12(16)5-6-17-13/h3-6,9,11H,7-8H2,1-2H3. The SMILES string of the molecule is Cc1ccc2n1CCN(C(=O)c1cc(Cl)ccn1)C2C. The molecule has 0 saturated heterocycles. The summed E-state index contributed by atoms with van der Waals surface area (Å²) in [7, 11) is 0. The Kier molecular flexibility index (Phi) is 3.26. The van der Waals surface area contributed by atoms with Gasteiger partial charge in [0.25, 0.3) is 5.91 Å². The molecular weight excluding hydrogens is 274 g/mol. The Hall–Kier alpha value is -1.81. The molecule has 1 aliphatic rings. The summed E-state index contributed by atoms with van der Waals surface area (Å²) in [6, 6.07) is 7.52. The van der Waals surface area contributed by atoms with Gasteiger partial charge in [-0.1, -0.05) is 11.6 Å². The maximum absolute atomic E-state index is 12.6. The van der Waals surface area contributed by atoms with E-state index in [0.29, 0.717) is 17.3 Å². The van der Waals surface area contributed by atoms with E-state index in [1.807, 2.05) is 11.8 Å². The van der Waals surface area contributed by atoms with Gasteiger partial charge in [0, 0.05) is 35.7 Å². The zero-order valence-electron chi connectivity index (χ0n) is 11.5. The molecule has 1 amide bonds. The van der Waals surface area contributed by atoms with Crippen molar-refractivity contribution >= 4 is 17.5 Å². The van der Waals surface area contributed by atoms with Crippen LogP contribution in [0.2, 0.25) is 5.02 Å². The predicted molar refractivity (Wildman–Crippen MR) is 77.9 cm³/mol. The molecule has 3 heterocycles. The minimum Gasteiger partial charge on any atom is -0.345 e. The van der Waals surface area contributed by atoms with Crippen LogP contribution in [-0.2, 0) is 6.54 Å². The molecule has 1 atom stereocenters. The van der Waals surface area contributed by atoms with Gasteiger partial charge in [0.2, 0.25) is 0 Å². The van der Waals surface area contributed by atoms with Crippen LogP contribution in [0, 0.1) is 6.92 Å². The number of carbonyl (C=O) groups is 1. The van der Waals surface area contributed by atoms with E-state index in [2.05, 4.69) is 28.6 Å². The number of fused-ring (bicyclic) bond motifs is 1. The van der Waals surface area contributed by atoms with Crippen molar-refractivity contribution in [2.45, 2.75) is 26.4 Å². The van der Waals surface area contributed by atoms with Crippen LogP contribution >= 0.6 is 11.6 Å². The van der Waals surface area contributed by atoms with E-state index < -0.39 is 0 Å². The molecule has 2 aromatic heterocycles. The van der Waals surface area contributed by atoms with Gasteiger partial charge in [-0.25, -0.2) is 0 Å². The average Bonchev–Trinajstić information content (AvgIpc) is 2.81. The van der Waals surface area contributed by atoms with Crippen molar-refractivity contribution in [1.82, 2.24) is 14.5 Å². The molecule has 0 fully saturated rings. The molecule has 1 aliphatic heterocycles. The Morgan fingerprint density at radius 1 is 1.35 bits per heavy atom. The molecule has 0 saturated carbocycles. The van der Waals surface area contributed by atoms with Crippen LogP contribution in [-0.4, -0.2) is 26.9 Å². The molecule has 0 spiro atoms. The molecule has 0 aliphatic carbocycles. The van der Waals surface area contributed by atoms with Crippen LogP contribution in [0.3, 0.4) is 0 Å². The van der Waals surface area contributed by atoms with Crippen LogP contribution in [0.25, 0.3) is 0 Å². The van der Waals surface area contributed by atoms with Crippen molar-refractivity contribution in [2.75, 3.05) is 6.54 Å². The largest absolute Gasteiger partial charge is 0.345 e. The van der Waals surface area contributed by atoms with Crippen LogP contribution in [0.1, 0.15) is 34.8 Å². The number of carbonyl (C=O) groups excluding carboxylic acids is 1. The summed E-state index contributed by atoms with van der Waals surface area (Å²) in [4.78, 5) is 18.6. The van der Waals surface area contributed by atoms with E-state index in [-0.39, 0.29) is 11.9 Å². The van der Waals surface area contributed by atoms with Gasteiger partial charge in [-0.05, 0) is 38.1 Å². The topological polar surface area (TPSA) is 38.1 Å². The second-order valence-electron chi connectivity index (χ2n) is 5.09.